The topological polar surface area (TPSA) is 114 Å². The second-order valence-corrected chi connectivity index (χ2v) is 4.84. The summed E-state index contributed by atoms with van der Waals surface area (Å²) in [6.45, 7) is 0.131. The first-order valence-corrected chi connectivity index (χ1v) is 6.24. The highest BCUT2D eigenvalue weighted by molar-refractivity contribution is 6.29. The van der Waals surface area contributed by atoms with Crippen molar-refractivity contribution in [2.45, 2.75) is 25.4 Å². The molecule has 0 aliphatic carbocycles. The lowest BCUT2D eigenvalue weighted by molar-refractivity contribution is -0.142. The van der Waals surface area contributed by atoms with Crippen LogP contribution in [0.25, 0.3) is 0 Å². The third kappa shape index (κ3) is 2.72. The molecule has 1 atom stereocenters. The third-order valence-corrected chi connectivity index (χ3v) is 3.32. The van der Waals surface area contributed by atoms with Gasteiger partial charge in [0.2, 0.25) is 5.91 Å². The fraction of sp³-hybridized carbons (Fsp3) is 0.333. The lowest BCUT2D eigenvalue weighted by atomic mass is 10.1. The van der Waals surface area contributed by atoms with E-state index in [2.05, 4.69) is 4.98 Å². The molecule has 1 aliphatic heterocycles. The first-order valence-electron chi connectivity index (χ1n) is 5.86. The van der Waals surface area contributed by atoms with Crippen LogP contribution in [0.5, 0.6) is 0 Å². The Labute approximate surface area is 119 Å². The van der Waals surface area contributed by atoms with Gasteiger partial charge < -0.3 is 15.7 Å². The van der Waals surface area contributed by atoms with Gasteiger partial charge in [-0.05, 0) is 18.1 Å². The summed E-state index contributed by atoms with van der Waals surface area (Å²) in [5, 5.41) is 9.45. The van der Waals surface area contributed by atoms with E-state index in [9.17, 15) is 19.5 Å². The number of hydrogen-bond donors (Lipinski definition) is 2. The van der Waals surface area contributed by atoms with Crippen LogP contribution < -0.4 is 5.73 Å². The van der Waals surface area contributed by atoms with E-state index in [1.165, 1.54) is 17.2 Å². The number of pyridine rings is 1. The zero-order chi connectivity index (χ0) is 14.9. The molecule has 2 amide bonds. The number of amides is 2. The van der Waals surface area contributed by atoms with Crippen LogP contribution in [0.3, 0.4) is 0 Å². The lowest BCUT2D eigenvalue weighted by Crippen LogP contribution is -2.42. The maximum absolute atomic E-state index is 12.2. The molecule has 0 fully saturated rings. The van der Waals surface area contributed by atoms with Gasteiger partial charge in [-0.25, -0.2) is 9.78 Å². The third-order valence-electron chi connectivity index (χ3n) is 3.11. The quantitative estimate of drug-likeness (QED) is 0.764. The van der Waals surface area contributed by atoms with E-state index in [4.69, 9.17) is 17.3 Å². The van der Waals surface area contributed by atoms with Crippen LogP contribution in [0.1, 0.15) is 28.8 Å². The number of carboxylic acids is 1. The van der Waals surface area contributed by atoms with Crippen LogP contribution in [0.2, 0.25) is 5.15 Å². The maximum Gasteiger partial charge on any atom is 0.326 e. The summed E-state index contributed by atoms with van der Waals surface area (Å²) in [4.78, 5) is 39.2. The number of nitrogens with two attached hydrogens (primary N) is 1. The molecule has 2 rings (SSSR count). The van der Waals surface area contributed by atoms with Crippen molar-refractivity contribution in [3.05, 3.63) is 28.5 Å². The van der Waals surface area contributed by atoms with Crippen molar-refractivity contribution >= 4 is 29.4 Å². The van der Waals surface area contributed by atoms with Crippen LogP contribution in [0, 0.1) is 0 Å². The minimum atomic E-state index is -1.17. The SMILES string of the molecule is NC(=O)CCC(C(=O)O)N1Cc2cc(Cl)ncc2C1=O. The Morgan fingerprint density at radius 1 is 1.55 bits per heavy atom. The number of nitrogens with zero attached hydrogens (tertiary/aromatic N) is 2. The second-order valence-electron chi connectivity index (χ2n) is 4.46. The summed E-state index contributed by atoms with van der Waals surface area (Å²) in [6, 6.07) is 0.433. The highest BCUT2D eigenvalue weighted by Gasteiger charge is 2.36. The van der Waals surface area contributed by atoms with E-state index in [-0.39, 0.29) is 24.5 Å². The van der Waals surface area contributed by atoms with Crippen molar-refractivity contribution in [2.75, 3.05) is 0 Å². The molecule has 0 bridgehead atoms. The lowest BCUT2D eigenvalue weighted by Gasteiger charge is -2.23. The molecule has 0 aromatic carbocycles. The fourth-order valence-corrected chi connectivity index (χ4v) is 2.33. The summed E-state index contributed by atoms with van der Waals surface area (Å²) in [7, 11) is 0. The van der Waals surface area contributed by atoms with Crippen molar-refractivity contribution in [3.8, 4) is 0 Å². The molecule has 2 heterocycles. The molecule has 106 valence electrons. The predicted molar refractivity (Wildman–Crippen MR) is 69.0 cm³/mol. The standard InChI is InChI=1S/C12H12ClN3O4/c13-9-3-6-5-16(11(18)7(6)4-15-9)8(12(19)20)1-2-10(14)17/h3-4,8H,1-2,5H2,(H2,14,17)(H,19,20). The summed E-state index contributed by atoms with van der Waals surface area (Å²) in [6.07, 6.45) is 1.20. The van der Waals surface area contributed by atoms with Crippen LogP contribution in [-0.4, -0.2) is 38.8 Å². The second kappa shape index (κ2) is 5.46. The molecule has 1 aromatic heterocycles. The number of carbonyl (C=O) groups excluding carboxylic acids is 2. The van der Waals surface area contributed by atoms with Gasteiger partial charge in [-0.15, -0.1) is 0 Å². The van der Waals surface area contributed by atoms with Gasteiger partial charge in [0.15, 0.2) is 0 Å². The van der Waals surface area contributed by atoms with Gasteiger partial charge in [-0.1, -0.05) is 11.6 Å². The number of carboxylic acid groups (broad SMARTS) is 1. The average Bonchev–Trinajstić information content (AvgIpc) is 2.66. The fourth-order valence-electron chi connectivity index (χ4n) is 2.14. The number of primary amides is 1. The van der Waals surface area contributed by atoms with E-state index in [0.717, 1.165) is 0 Å². The van der Waals surface area contributed by atoms with Crippen LogP contribution in [0.15, 0.2) is 12.3 Å². The highest BCUT2D eigenvalue weighted by atomic mass is 35.5. The van der Waals surface area contributed by atoms with Gasteiger partial charge in [0.05, 0.1) is 5.56 Å². The molecule has 0 radical (unpaired) electrons. The van der Waals surface area contributed by atoms with Gasteiger partial charge in [-0.3, -0.25) is 9.59 Å². The first kappa shape index (κ1) is 14.3. The van der Waals surface area contributed by atoms with Crippen LogP contribution in [0.4, 0.5) is 0 Å². The van der Waals surface area contributed by atoms with Gasteiger partial charge in [-0.2, -0.15) is 0 Å². The van der Waals surface area contributed by atoms with Gasteiger partial charge in [0.1, 0.15) is 11.2 Å². The zero-order valence-corrected chi connectivity index (χ0v) is 11.1. The Morgan fingerprint density at radius 3 is 2.85 bits per heavy atom. The largest absolute Gasteiger partial charge is 0.480 e. The molecular formula is C12H12ClN3O4. The molecule has 0 spiro atoms. The maximum atomic E-state index is 12.2. The summed E-state index contributed by atoms with van der Waals surface area (Å²) >= 11 is 5.75. The van der Waals surface area contributed by atoms with E-state index >= 15 is 0 Å². The minimum Gasteiger partial charge on any atom is -0.480 e. The van der Waals surface area contributed by atoms with E-state index in [0.29, 0.717) is 11.1 Å². The van der Waals surface area contributed by atoms with Crippen molar-refractivity contribution in [1.29, 1.82) is 0 Å². The van der Waals surface area contributed by atoms with E-state index in [1.54, 1.807) is 0 Å². The van der Waals surface area contributed by atoms with Crippen molar-refractivity contribution in [3.63, 3.8) is 0 Å². The molecule has 8 heteroatoms. The van der Waals surface area contributed by atoms with Crippen molar-refractivity contribution in [2.24, 2.45) is 5.73 Å². The smallest absolute Gasteiger partial charge is 0.326 e. The number of rotatable bonds is 5. The molecular weight excluding hydrogens is 286 g/mol. The molecule has 7 nitrogen and oxygen atoms in total. The monoisotopic (exact) mass is 297 g/mol. The first-order chi connectivity index (χ1) is 9.40. The van der Waals surface area contributed by atoms with Gasteiger partial charge in [0, 0.05) is 19.2 Å². The molecule has 1 unspecified atom stereocenters. The van der Waals surface area contributed by atoms with Gasteiger partial charge in [0.25, 0.3) is 5.91 Å². The molecule has 20 heavy (non-hydrogen) atoms. The number of aromatic nitrogens is 1. The Balaban J connectivity index is 2.22. The summed E-state index contributed by atoms with van der Waals surface area (Å²) in [5.41, 5.74) is 5.97. The highest BCUT2D eigenvalue weighted by Crippen LogP contribution is 2.27. The van der Waals surface area contributed by atoms with Crippen LogP contribution in [-0.2, 0) is 16.1 Å². The molecule has 1 aromatic rings. The van der Waals surface area contributed by atoms with Crippen LogP contribution >= 0.6 is 11.6 Å². The Kier molecular flexibility index (Phi) is 3.89. The number of fused-ring (bicyclic) bond motifs is 1. The minimum absolute atomic E-state index is 0.0223. The van der Waals surface area contributed by atoms with Crippen molar-refractivity contribution < 1.29 is 19.5 Å². The normalized spacial score (nSPS) is 15.1. The Bertz CT molecular complexity index is 590. The Hall–Kier alpha value is -2.15. The number of hydrogen-bond acceptors (Lipinski definition) is 4. The summed E-state index contributed by atoms with van der Waals surface area (Å²) < 4.78 is 0. The van der Waals surface area contributed by atoms with Gasteiger partial charge >= 0.3 is 5.97 Å². The average molecular weight is 298 g/mol. The van der Waals surface area contributed by atoms with Crippen molar-refractivity contribution in [1.82, 2.24) is 9.88 Å². The van der Waals surface area contributed by atoms with E-state index < -0.39 is 23.8 Å². The zero-order valence-electron chi connectivity index (χ0n) is 10.4. The molecule has 3 N–H and O–H groups in total. The molecule has 1 aliphatic rings. The summed E-state index contributed by atoms with van der Waals surface area (Å²) in [5.74, 6) is -2.21. The molecule has 0 saturated carbocycles. The Morgan fingerprint density at radius 2 is 2.25 bits per heavy atom. The molecule has 0 saturated heterocycles. The number of carbonyl (C=O) groups is 3. The van der Waals surface area contributed by atoms with E-state index in [1.807, 2.05) is 0 Å². The number of aliphatic carboxylic acids is 1. The predicted octanol–water partition coefficient (Wildman–Crippen LogP) is 0.409. The number of halogens is 1.